The van der Waals surface area contributed by atoms with Crippen molar-refractivity contribution in [2.75, 3.05) is 0 Å². The van der Waals surface area contributed by atoms with Crippen LogP contribution in [0.1, 0.15) is 5.56 Å². The number of aromatic hydroxyl groups is 1. The zero-order valence-electron chi connectivity index (χ0n) is 13.6. The second kappa shape index (κ2) is 8.07. The number of benzene rings is 2. The summed E-state index contributed by atoms with van der Waals surface area (Å²) in [6.45, 7) is 0. The van der Waals surface area contributed by atoms with Crippen LogP contribution in [-0.2, 0) is 4.79 Å². The average molecular weight is 402 g/mol. The Balaban J connectivity index is 1.75. The van der Waals surface area contributed by atoms with E-state index < -0.39 is 4.92 Å². The fourth-order valence-electron chi connectivity index (χ4n) is 2.14. The molecule has 1 fully saturated rings. The molecule has 0 saturated carbocycles. The first-order valence-corrected chi connectivity index (χ1v) is 8.80. The molecule has 0 atom stereocenters. The van der Waals surface area contributed by atoms with E-state index in [1.807, 2.05) is 0 Å². The Kier molecular flexibility index (Phi) is 5.58. The number of hydrogen-bond acceptors (Lipinski definition) is 6. The van der Waals surface area contributed by atoms with E-state index in [1.54, 1.807) is 30.3 Å². The van der Waals surface area contributed by atoms with E-state index in [4.69, 9.17) is 11.6 Å². The maximum absolute atomic E-state index is 12.1. The number of nitro benzene ring substituents is 1. The highest BCUT2D eigenvalue weighted by atomic mass is 35.5. The van der Waals surface area contributed by atoms with Crippen molar-refractivity contribution < 1.29 is 14.8 Å². The van der Waals surface area contributed by atoms with Gasteiger partial charge in [0.15, 0.2) is 5.17 Å². The quantitative estimate of drug-likeness (QED) is 0.451. The van der Waals surface area contributed by atoms with Crippen LogP contribution in [0.3, 0.4) is 0 Å². The Labute approximate surface area is 163 Å². The van der Waals surface area contributed by atoms with E-state index >= 15 is 0 Å². The Bertz CT molecular complexity index is 983. The molecular weight excluding hydrogens is 390 g/mol. The number of carbonyl (C=O) groups excluding carboxylic acids is 1. The third-order valence-electron chi connectivity index (χ3n) is 3.41. The van der Waals surface area contributed by atoms with Crippen LogP contribution in [0.15, 0.2) is 69.5 Å². The standard InChI is InChI=1S/C18H12ClN3O4S/c19-12(9-11-1-5-14(6-2-11)22(25)26)10-16-17(24)21-18(27-16)20-13-3-7-15(23)8-4-13/h1-10,23H,(H,20,21,24)/b12-9-,16-10?. The molecule has 0 bridgehead atoms. The molecule has 0 aromatic heterocycles. The number of nitrogens with one attached hydrogen (secondary N) is 1. The number of nitro groups is 1. The van der Waals surface area contributed by atoms with Gasteiger partial charge in [0, 0.05) is 17.2 Å². The summed E-state index contributed by atoms with van der Waals surface area (Å²) in [6.07, 6.45) is 3.10. The van der Waals surface area contributed by atoms with Gasteiger partial charge in [-0.2, -0.15) is 0 Å². The van der Waals surface area contributed by atoms with Crippen LogP contribution in [0, 0.1) is 10.1 Å². The number of hydrogen-bond donors (Lipinski definition) is 2. The van der Waals surface area contributed by atoms with Crippen molar-refractivity contribution in [3.63, 3.8) is 0 Å². The maximum Gasteiger partial charge on any atom is 0.269 e. The molecule has 7 nitrogen and oxygen atoms in total. The van der Waals surface area contributed by atoms with E-state index in [1.165, 1.54) is 30.3 Å². The third-order valence-corrected chi connectivity index (χ3v) is 4.54. The minimum Gasteiger partial charge on any atom is -0.508 e. The van der Waals surface area contributed by atoms with Crippen molar-refractivity contribution in [2.45, 2.75) is 0 Å². The lowest BCUT2D eigenvalue weighted by Gasteiger charge is -1.96. The summed E-state index contributed by atoms with van der Waals surface area (Å²) in [5, 5.41) is 23.3. The van der Waals surface area contributed by atoms with Gasteiger partial charge in [-0.3, -0.25) is 14.9 Å². The van der Waals surface area contributed by atoms with Gasteiger partial charge in [-0.15, -0.1) is 0 Å². The van der Waals surface area contributed by atoms with Crippen LogP contribution < -0.4 is 5.32 Å². The summed E-state index contributed by atoms with van der Waals surface area (Å²) in [5.41, 5.74) is 1.25. The Morgan fingerprint density at radius 2 is 1.85 bits per heavy atom. The second-order valence-corrected chi connectivity index (χ2v) is 6.84. The van der Waals surface area contributed by atoms with Crippen molar-refractivity contribution in [3.8, 4) is 5.75 Å². The number of non-ortho nitro benzene ring substituents is 1. The number of phenols is 1. The number of allylic oxidation sites excluding steroid dienone is 2. The Morgan fingerprint density at radius 1 is 1.19 bits per heavy atom. The Hall–Kier alpha value is -3.10. The van der Waals surface area contributed by atoms with Gasteiger partial charge in [-0.1, -0.05) is 11.6 Å². The number of carbonyl (C=O) groups is 1. The van der Waals surface area contributed by atoms with Gasteiger partial charge in [-0.25, -0.2) is 4.99 Å². The minimum atomic E-state index is -0.481. The van der Waals surface area contributed by atoms with Crippen LogP contribution in [0.5, 0.6) is 5.75 Å². The summed E-state index contributed by atoms with van der Waals surface area (Å²) in [4.78, 5) is 26.9. The highest BCUT2D eigenvalue weighted by molar-refractivity contribution is 8.18. The molecule has 9 heteroatoms. The molecular formula is C18H12ClN3O4S. The van der Waals surface area contributed by atoms with Gasteiger partial charge in [0.1, 0.15) is 5.75 Å². The first kappa shape index (κ1) is 18.7. The molecule has 0 radical (unpaired) electrons. The molecule has 2 aromatic rings. The van der Waals surface area contributed by atoms with Crippen molar-refractivity contribution in [1.29, 1.82) is 0 Å². The second-order valence-electron chi connectivity index (χ2n) is 5.38. The number of amidine groups is 1. The Morgan fingerprint density at radius 3 is 2.48 bits per heavy atom. The summed E-state index contributed by atoms with van der Waals surface area (Å²) in [7, 11) is 0. The fraction of sp³-hybridized carbons (Fsp3) is 0. The van der Waals surface area contributed by atoms with Gasteiger partial charge < -0.3 is 10.4 Å². The van der Waals surface area contributed by atoms with Gasteiger partial charge in [0.2, 0.25) is 0 Å². The summed E-state index contributed by atoms with van der Waals surface area (Å²) < 4.78 is 0. The van der Waals surface area contributed by atoms with Crippen LogP contribution in [-0.4, -0.2) is 21.1 Å². The minimum absolute atomic E-state index is 0.0116. The molecule has 0 spiro atoms. The predicted molar refractivity (Wildman–Crippen MR) is 106 cm³/mol. The molecule has 1 aliphatic heterocycles. The zero-order valence-corrected chi connectivity index (χ0v) is 15.2. The maximum atomic E-state index is 12.1. The monoisotopic (exact) mass is 401 g/mol. The summed E-state index contributed by atoms with van der Waals surface area (Å²) in [6, 6.07) is 12.1. The molecule has 136 valence electrons. The number of aliphatic imine (C=N–C) groups is 1. The molecule has 27 heavy (non-hydrogen) atoms. The highest BCUT2D eigenvalue weighted by Gasteiger charge is 2.23. The van der Waals surface area contributed by atoms with Gasteiger partial charge in [0.25, 0.3) is 11.6 Å². The lowest BCUT2D eigenvalue weighted by molar-refractivity contribution is -0.384. The SMILES string of the molecule is O=C1NC(=Nc2ccc(O)cc2)SC1=C/C(Cl)=C/c1ccc([N+](=O)[O-])cc1. The first-order valence-electron chi connectivity index (χ1n) is 7.61. The molecule has 1 saturated heterocycles. The molecule has 2 aromatic carbocycles. The van der Waals surface area contributed by atoms with Crippen LogP contribution in [0.25, 0.3) is 6.08 Å². The highest BCUT2D eigenvalue weighted by Crippen LogP contribution is 2.29. The third kappa shape index (κ3) is 4.96. The first-order chi connectivity index (χ1) is 12.9. The normalized spacial score (nSPS) is 17.4. The lowest BCUT2D eigenvalue weighted by Crippen LogP contribution is -2.19. The molecule has 0 aliphatic carbocycles. The van der Waals surface area contributed by atoms with E-state index in [9.17, 15) is 20.0 Å². The largest absolute Gasteiger partial charge is 0.508 e. The van der Waals surface area contributed by atoms with Crippen LogP contribution >= 0.6 is 23.4 Å². The van der Waals surface area contributed by atoms with E-state index in [2.05, 4.69) is 10.3 Å². The molecule has 1 aliphatic rings. The number of nitrogens with zero attached hydrogens (tertiary/aromatic N) is 2. The molecule has 0 unspecified atom stereocenters. The van der Waals surface area contributed by atoms with Crippen molar-refractivity contribution >= 4 is 51.9 Å². The molecule has 3 rings (SSSR count). The van der Waals surface area contributed by atoms with Crippen LogP contribution in [0.2, 0.25) is 0 Å². The van der Waals surface area contributed by atoms with Gasteiger partial charge in [-0.05, 0) is 65.9 Å². The molecule has 2 N–H and O–H groups in total. The van der Waals surface area contributed by atoms with Gasteiger partial charge in [0.05, 0.1) is 15.5 Å². The van der Waals surface area contributed by atoms with Crippen molar-refractivity contribution in [2.24, 2.45) is 4.99 Å². The number of amides is 1. The lowest BCUT2D eigenvalue weighted by atomic mass is 10.2. The number of rotatable bonds is 4. The van der Waals surface area contributed by atoms with E-state index in [-0.39, 0.29) is 17.3 Å². The van der Waals surface area contributed by atoms with E-state index in [0.29, 0.717) is 26.4 Å². The zero-order chi connectivity index (χ0) is 19.4. The fourth-order valence-corrected chi connectivity index (χ4v) is 3.28. The van der Waals surface area contributed by atoms with Gasteiger partial charge >= 0.3 is 0 Å². The van der Waals surface area contributed by atoms with Crippen molar-refractivity contribution in [1.82, 2.24) is 5.32 Å². The molecule has 1 amide bonds. The number of phenolic OH excluding ortho intramolecular Hbond substituents is 1. The average Bonchev–Trinajstić information content (AvgIpc) is 2.96. The number of halogens is 1. The topological polar surface area (TPSA) is 105 Å². The van der Waals surface area contributed by atoms with Crippen molar-refractivity contribution in [3.05, 3.63) is 80.2 Å². The summed E-state index contributed by atoms with van der Waals surface area (Å²) in [5.74, 6) is -0.196. The number of thioether (sulfide) groups is 1. The molecule has 1 heterocycles. The summed E-state index contributed by atoms with van der Waals surface area (Å²) >= 11 is 7.31. The van der Waals surface area contributed by atoms with Crippen LogP contribution in [0.4, 0.5) is 11.4 Å². The van der Waals surface area contributed by atoms with E-state index in [0.717, 1.165) is 11.8 Å². The smallest absolute Gasteiger partial charge is 0.269 e. The predicted octanol–water partition coefficient (Wildman–Crippen LogP) is 4.31.